The van der Waals surface area contributed by atoms with Crippen LogP contribution in [0.1, 0.15) is 29.5 Å². The van der Waals surface area contributed by atoms with E-state index in [-0.39, 0.29) is 5.82 Å². The Hall–Kier alpha value is -3.73. The van der Waals surface area contributed by atoms with Crippen LogP contribution in [0.4, 0.5) is 14.9 Å². The number of primary amides is 1. The van der Waals surface area contributed by atoms with Gasteiger partial charge >= 0.3 is 6.03 Å². The Kier molecular flexibility index (Phi) is 8.89. The summed E-state index contributed by atoms with van der Waals surface area (Å²) in [5, 5.41) is 20.8. The van der Waals surface area contributed by atoms with Gasteiger partial charge in [0.05, 0.1) is 23.8 Å². The summed E-state index contributed by atoms with van der Waals surface area (Å²) in [7, 11) is 0. The largest absolute Gasteiger partial charge is 0.390 e. The fraction of sp³-hybridized carbons (Fsp3) is 0.333. The minimum Gasteiger partial charge on any atom is -0.390 e. The van der Waals surface area contributed by atoms with Crippen LogP contribution in [0.15, 0.2) is 78.9 Å². The number of anilines is 1. The maximum Gasteiger partial charge on any atom is 0.319 e. The number of hydrogen-bond donors (Lipinski definition) is 2. The highest BCUT2D eigenvalue weighted by molar-refractivity contribution is 5.91. The maximum absolute atomic E-state index is 13.2. The summed E-state index contributed by atoms with van der Waals surface area (Å²) in [5.74, 6) is 0.289. The van der Waals surface area contributed by atoms with Gasteiger partial charge in [0.1, 0.15) is 5.82 Å². The Morgan fingerprint density at radius 1 is 1.05 bits per heavy atom. The van der Waals surface area contributed by atoms with Crippen molar-refractivity contribution in [2.75, 3.05) is 24.5 Å². The van der Waals surface area contributed by atoms with E-state index in [1.54, 1.807) is 24.3 Å². The van der Waals surface area contributed by atoms with E-state index in [2.05, 4.69) is 11.0 Å². The number of hydrogen-bond acceptors (Lipinski definition) is 4. The monoisotopic (exact) mass is 500 g/mol. The molecular weight excluding hydrogens is 467 g/mol. The molecule has 2 amide bonds. The minimum atomic E-state index is -0.855. The number of rotatable bonds is 9. The molecule has 0 bridgehead atoms. The molecule has 6 nitrogen and oxygen atoms in total. The second kappa shape index (κ2) is 12.5. The van der Waals surface area contributed by atoms with Crippen LogP contribution in [0.25, 0.3) is 0 Å². The lowest BCUT2D eigenvalue weighted by Gasteiger charge is -2.38. The first-order valence-corrected chi connectivity index (χ1v) is 12.7. The van der Waals surface area contributed by atoms with Crippen molar-refractivity contribution in [3.05, 3.63) is 101 Å². The van der Waals surface area contributed by atoms with Gasteiger partial charge < -0.3 is 15.7 Å². The van der Waals surface area contributed by atoms with Gasteiger partial charge in [0.2, 0.25) is 0 Å². The molecule has 1 saturated heterocycles. The summed E-state index contributed by atoms with van der Waals surface area (Å²) in [6, 6.07) is 24.0. The van der Waals surface area contributed by atoms with Crippen molar-refractivity contribution in [2.45, 2.75) is 37.8 Å². The number of urea groups is 1. The Morgan fingerprint density at radius 3 is 2.41 bits per heavy atom. The molecule has 4 rings (SSSR count). The van der Waals surface area contributed by atoms with E-state index in [1.165, 1.54) is 17.0 Å². The van der Waals surface area contributed by atoms with Gasteiger partial charge in [-0.1, -0.05) is 48.5 Å². The highest BCUT2D eigenvalue weighted by Gasteiger charge is 2.32. The molecule has 2 atom stereocenters. The number of carbonyl (C=O) groups is 1. The number of aliphatic hydroxyl groups excluding tert-OH is 1. The van der Waals surface area contributed by atoms with Crippen LogP contribution in [-0.4, -0.2) is 47.8 Å². The van der Waals surface area contributed by atoms with Crippen LogP contribution in [0.2, 0.25) is 0 Å². The lowest BCUT2D eigenvalue weighted by Crippen LogP contribution is -2.54. The highest BCUT2D eigenvalue weighted by atomic mass is 19.1. The molecule has 1 aliphatic heterocycles. The normalized spacial score (nSPS) is 16.0. The van der Waals surface area contributed by atoms with E-state index in [1.807, 2.05) is 42.5 Å². The molecule has 37 heavy (non-hydrogen) atoms. The Bertz CT molecular complexity index is 1200. The standard InChI is InChI=1S/C30H33FN4O2/c31-26-11-9-23(10-12-26)17-24-13-15-34(16-14-24)21-29(36)28(19-22-5-2-1-3-6-22)35(30(33)37)27-8-4-7-25(18-27)20-32/h1-12,18,24,28-29,36H,13-17,19,21H2,(H2,33,37). The van der Waals surface area contributed by atoms with Crippen molar-refractivity contribution in [1.29, 1.82) is 5.26 Å². The second-order valence-electron chi connectivity index (χ2n) is 9.77. The van der Waals surface area contributed by atoms with Crippen molar-refractivity contribution in [3.63, 3.8) is 0 Å². The van der Waals surface area contributed by atoms with E-state index in [4.69, 9.17) is 5.73 Å². The van der Waals surface area contributed by atoms with Gasteiger partial charge in [-0.25, -0.2) is 9.18 Å². The summed E-state index contributed by atoms with van der Waals surface area (Å²) in [6.07, 6.45) is 2.45. The van der Waals surface area contributed by atoms with Gasteiger partial charge in [-0.05, 0) is 86.1 Å². The molecule has 3 aromatic rings. The molecule has 192 valence electrons. The van der Waals surface area contributed by atoms with E-state index >= 15 is 0 Å². The molecule has 7 heteroatoms. The minimum absolute atomic E-state index is 0.220. The zero-order chi connectivity index (χ0) is 26.2. The zero-order valence-electron chi connectivity index (χ0n) is 20.8. The van der Waals surface area contributed by atoms with Crippen molar-refractivity contribution >= 4 is 11.7 Å². The zero-order valence-corrected chi connectivity index (χ0v) is 20.8. The third kappa shape index (κ3) is 7.16. The molecule has 1 aliphatic rings. The van der Waals surface area contributed by atoms with E-state index in [0.29, 0.717) is 30.1 Å². The molecule has 0 radical (unpaired) electrons. The average molecular weight is 501 g/mol. The number of piperidine rings is 1. The SMILES string of the molecule is N#Cc1cccc(N(C(N)=O)C(Cc2ccccc2)C(O)CN2CCC(Cc3ccc(F)cc3)CC2)c1. The van der Waals surface area contributed by atoms with Gasteiger partial charge in [-0.2, -0.15) is 5.26 Å². The van der Waals surface area contributed by atoms with Crippen LogP contribution < -0.4 is 10.6 Å². The molecular formula is C30H33FN4O2. The maximum atomic E-state index is 13.2. The van der Waals surface area contributed by atoms with Crippen molar-refractivity contribution < 1.29 is 14.3 Å². The second-order valence-corrected chi connectivity index (χ2v) is 9.77. The lowest BCUT2D eigenvalue weighted by atomic mass is 9.89. The fourth-order valence-corrected chi connectivity index (χ4v) is 5.18. The molecule has 0 aromatic heterocycles. The molecule has 2 unspecified atom stereocenters. The van der Waals surface area contributed by atoms with Crippen LogP contribution in [0.5, 0.6) is 0 Å². The molecule has 0 saturated carbocycles. The van der Waals surface area contributed by atoms with E-state index in [0.717, 1.165) is 43.5 Å². The number of nitrogens with zero attached hydrogens (tertiary/aromatic N) is 3. The van der Waals surface area contributed by atoms with Gasteiger partial charge in [-0.3, -0.25) is 4.90 Å². The molecule has 3 N–H and O–H groups in total. The van der Waals surface area contributed by atoms with E-state index < -0.39 is 18.2 Å². The van der Waals surface area contributed by atoms with Crippen molar-refractivity contribution in [2.24, 2.45) is 11.7 Å². The smallest absolute Gasteiger partial charge is 0.319 e. The predicted octanol–water partition coefficient (Wildman–Crippen LogP) is 4.51. The quantitative estimate of drug-likeness (QED) is 0.452. The summed E-state index contributed by atoms with van der Waals surface area (Å²) >= 11 is 0. The number of carbonyl (C=O) groups excluding carboxylic acids is 1. The van der Waals surface area contributed by atoms with E-state index in [9.17, 15) is 19.6 Å². The van der Waals surface area contributed by atoms with Gasteiger partial charge in [0.25, 0.3) is 0 Å². The van der Waals surface area contributed by atoms with Crippen molar-refractivity contribution in [1.82, 2.24) is 4.90 Å². The molecule has 1 heterocycles. The summed E-state index contributed by atoms with van der Waals surface area (Å²) < 4.78 is 13.2. The number of nitrogens with two attached hydrogens (primary N) is 1. The number of amides is 2. The fourth-order valence-electron chi connectivity index (χ4n) is 5.18. The molecule has 0 spiro atoms. The Balaban J connectivity index is 1.47. The highest BCUT2D eigenvalue weighted by Crippen LogP contribution is 2.26. The Labute approximate surface area is 217 Å². The summed E-state index contributed by atoms with van der Waals surface area (Å²) in [5.41, 5.74) is 8.87. The third-order valence-electron chi connectivity index (χ3n) is 7.14. The number of nitriles is 1. The summed E-state index contributed by atoms with van der Waals surface area (Å²) in [6.45, 7) is 2.07. The van der Waals surface area contributed by atoms with Gasteiger partial charge in [-0.15, -0.1) is 0 Å². The number of β-amino-alcohol motifs (C(OH)–C–C–N with tert-alkyl or cyclic N) is 1. The number of aliphatic hydroxyl groups is 1. The van der Waals surface area contributed by atoms with Crippen molar-refractivity contribution in [3.8, 4) is 6.07 Å². The Morgan fingerprint density at radius 2 is 1.76 bits per heavy atom. The third-order valence-corrected chi connectivity index (χ3v) is 7.14. The first-order chi connectivity index (χ1) is 17.9. The van der Waals surface area contributed by atoms with Crippen LogP contribution in [0, 0.1) is 23.1 Å². The number of benzene rings is 3. The number of halogens is 1. The first kappa shape index (κ1) is 26.3. The van der Waals surface area contributed by atoms with Crippen LogP contribution in [0.3, 0.4) is 0 Å². The molecule has 3 aromatic carbocycles. The summed E-state index contributed by atoms with van der Waals surface area (Å²) in [4.78, 5) is 16.3. The van der Waals surface area contributed by atoms with Crippen LogP contribution in [-0.2, 0) is 12.8 Å². The molecule has 1 fully saturated rings. The predicted molar refractivity (Wildman–Crippen MR) is 142 cm³/mol. The van der Waals surface area contributed by atoms with Gasteiger partial charge in [0, 0.05) is 12.2 Å². The average Bonchev–Trinajstić information content (AvgIpc) is 2.91. The lowest BCUT2D eigenvalue weighted by molar-refractivity contribution is 0.0717. The first-order valence-electron chi connectivity index (χ1n) is 12.7. The topological polar surface area (TPSA) is 93.6 Å². The van der Waals surface area contributed by atoms with Crippen LogP contribution >= 0.6 is 0 Å². The molecule has 0 aliphatic carbocycles. The number of likely N-dealkylation sites (tertiary alicyclic amines) is 1. The van der Waals surface area contributed by atoms with Gasteiger partial charge in [0.15, 0.2) is 0 Å².